The van der Waals surface area contributed by atoms with Crippen molar-refractivity contribution in [2.24, 2.45) is 10.9 Å². The number of nitrogens with zero attached hydrogens (tertiary/aromatic N) is 1. The van der Waals surface area contributed by atoms with Gasteiger partial charge in [-0.15, -0.1) is 0 Å². The molecule has 1 atom stereocenters. The third-order valence-corrected chi connectivity index (χ3v) is 3.14. The van der Waals surface area contributed by atoms with Crippen molar-refractivity contribution < 1.29 is 14.7 Å². The Morgan fingerprint density at radius 1 is 1.59 bits per heavy atom. The third-order valence-electron chi connectivity index (χ3n) is 3.14. The minimum atomic E-state index is -1.01. The Bertz CT molecular complexity index is 410. The first-order chi connectivity index (χ1) is 7.83. The molecular formula is C12H18N2O3. The van der Waals surface area contributed by atoms with Gasteiger partial charge in [0, 0.05) is 5.57 Å². The number of carboxylic acid groups (broad SMARTS) is 1. The van der Waals surface area contributed by atoms with Crippen molar-refractivity contribution in [3.63, 3.8) is 0 Å². The van der Waals surface area contributed by atoms with Crippen LogP contribution < -0.4 is 5.32 Å². The van der Waals surface area contributed by atoms with E-state index < -0.39 is 11.5 Å². The summed E-state index contributed by atoms with van der Waals surface area (Å²) in [6, 6.07) is 0. The van der Waals surface area contributed by atoms with Gasteiger partial charge in [-0.1, -0.05) is 20.8 Å². The van der Waals surface area contributed by atoms with E-state index in [0.29, 0.717) is 12.3 Å². The molecule has 0 radical (unpaired) electrons. The highest BCUT2D eigenvalue weighted by atomic mass is 16.4. The fourth-order valence-electron chi connectivity index (χ4n) is 1.89. The van der Waals surface area contributed by atoms with E-state index in [1.807, 2.05) is 20.8 Å². The Hall–Kier alpha value is -1.65. The smallest absolute Gasteiger partial charge is 0.331 e. The quantitative estimate of drug-likeness (QED) is 0.725. The monoisotopic (exact) mass is 238 g/mol. The van der Waals surface area contributed by atoms with Crippen LogP contribution in [0.1, 0.15) is 34.1 Å². The summed E-state index contributed by atoms with van der Waals surface area (Å²) in [6.07, 6.45) is 1.99. The Balaban J connectivity index is 3.08. The first kappa shape index (κ1) is 13.4. The number of amidine groups is 1. The molecule has 1 rings (SSSR count). The van der Waals surface area contributed by atoms with Crippen LogP contribution in [-0.4, -0.2) is 28.4 Å². The minimum absolute atomic E-state index is 0.0727. The molecule has 0 aromatic heterocycles. The highest BCUT2D eigenvalue weighted by Crippen LogP contribution is 2.29. The lowest BCUT2D eigenvalue weighted by atomic mass is 9.84. The van der Waals surface area contributed by atoms with Gasteiger partial charge >= 0.3 is 5.97 Å². The molecule has 1 aliphatic heterocycles. The SMILES string of the molecule is CCC1(C(C)C)N=C(/C=C(\C)C(=O)O)NC1=O. The van der Waals surface area contributed by atoms with Crippen molar-refractivity contribution in [1.82, 2.24) is 5.32 Å². The summed E-state index contributed by atoms with van der Waals surface area (Å²) in [6.45, 7) is 7.24. The van der Waals surface area contributed by atoms with Gasteiger partial charge in [0.05, 0.1) is 0 Å². The molecule has 17 heavy (non-hydrogen) atoms. The number of carboxylic acids is 1. The second kappa shape index (κ2) is 4.69. The zero-order chi connectivity index (χ0) is 13.2. The Morgan fingerprint density at radius 2 is 2.18 bits per heavy atom. The molecule has 0 bridgehead atoms. The van der Waals surface area contributed by atoms with Crippen molar-refractivity contribution in [2.45, 2.75) is 39.7 Å². The predicted octanol–water partition coefficient (Wildman–Crippen LogP) is 1.35. The molecule has 0 aromatic rings. The van der Waals surface area contributed by atoms with Crippen LogP contribution in [0.15, 0.2) is 16.6 Å². The van der Waals surface area contributed by atoms with E-state index in [9.17, 15) is 9.59 Å². The number of amides is 1. The lowest BCUT2D eigenvalue weighted by molar-refractivity contribution is -0.132. The molecule has 94 valence electrons. The number of rotatable bonds is 4. The van der Waals surface area contributed by atoms with Crippen molar-refractivity contribution in [3.8, 4) is 0 Å². The fourth-order valence-corrected chi connectivity index (χ4v) is 1.89. The Morgan fingerprint density at radius 3 is 2.53 bits per heavy atom. The summed E-state index contributed by atoms with van der Waals surface area (Å²) in [7, 11) is 0. The number of carbonyl (C=O) groups is 2. The van der Waals surface area contributed by atoms with Crippen molar-refractivity contribution >= 4 is 17.7 Å². The van der Waals surface area contributed by atoms with Gasteiger partial charge in [-0.2, -0.15) is 0 Å². The van der Waals surface area contributed by atoms with Gasteiger partial charge in [0.25, 0.3) is 5.91 Å². The first-order valence-corrected chi connectivity index (χ1v) is 5.66. The molecule has 5 heteroatoms. The van der Waals surface area contributed by atoms with E-state index in [4.69, 9.17) is 5.11 Å². The van der Waals surface area contributed by atoms with Gasteiger partial charge in [-0.3, -0.25) is 9.79 Å². The summed E-state index contributed by atoms with van der Waals surface area (Å²) in [4.78, 5) is 27.0. The summed E-state index contributed by atoms with van der Waals surface area (Å²) >= 11 is 0. The lowest BCUT2D eigenvalue weighted by Gasteiger charge is -2.25. The summed E-state index contributed by atoms with van der Waals surface area (Å²) < 4.78 is 0. The van der Waals surface area contributed by atoms with E-state index in [2.05, 4.69) is 10.3 Å². The molecule has 0 fully saturated rings. The standard InChI is InChI=1S/C12H18N2O3/c1-5-12(7(2)3)11(17)13-9(14-12)6-8(4)10(15)16/h6-7H,5H2,1-4H3,(H,15,16)(H,13,14,17)/b8-6+. The number of aliphatic carboxylic acids is 1. The minimum Gasteiger partial charge on any atom is -0.478 e. The molecular weight excluding hydrogens is 220 g/mol. The number of hydrogen-bond acceptors (Lipinski definition) is 3. The van der Waals surface area contributed by atoms with Crippen molar-refractivity contribution in [1.29, 1.82) is 0 Å². The Labute approximate surface area is 101 Å². The van der Waals surface area contributed by atoms with Crippen LogP contribution in [0, 0.1) is 5.92 Å². The molecule has 0 saturated heterocycles. The van der Waals surface area contributed by atoms with E-state index in [0.717, 1.165) is 0 Å². The number of aliphatic imine (C=N–C) groups is 1. The number of carbonyl (C=O) groups excluding carboxylic acids is 1. The second-order valence-corrected chi connectivity index (χ2v) is 4.52. The maximum Gasteiger partial charge on any atom is 0.331 e. The Kier molecular flexibility index (Phi) is 3.70. The van der Waals surface area contributed by atoms with Gasteiger partial charge in [0.15, 0.2) is 0 Å². The largest absolute Gasteiger partial charge is 0.478 e. The van der Waals surface area contributed by atoms with Crippen LogP contribution in [0.5, 0.6) is 0 Å². The van der Waals surface area contributed by atoms with Crippen LogP contribution in [0.4, 0.5) is 0 Å². The highest BCUT2D eigenvalue weighted by Gasteiger charge is 2.44. The zero-order valence-corrected chi connectivity index (χ0v) is 10.6. The van der Waals surface area contributed by atoms with Gasteiger partial charge in [0.2, 0.25) is 0 Å². The summed E-state index contributed by atoms with van der Waals surface area (Å²) in [5, 5.41) is 11.4. The fraction of sp³-hybridized carbons (Fsp3) is 0.583. The second-order valence-electron chi connectivity index (χ2n) is 4.52. The molecule has 0 spiro atoms. The van der Waals surface area contributed by atoms with E-state index in [-0.39, 0.29) is 17.4 Å². The normalized spacial score (nSPS) is 24.9. The van der Waals surface area contributed by atoms with Gasteiger partial charge in [-0.25, -0.2) is 4.79 Å². The highest BCUT2D eigenvalue weighted by molar-refractivity contribution is 6.14. The van der Waals surface area contributed by atoms with Crippen LogP contribution in [-0.2, 0) is 9.59 Å². The maximum absolute atomic E-state index is 11.9. The topological polar surface area (TPSA) is 78.8 Å². The van der Waals surface area contributed by atoms with Crippen LogP contribution in [0.3, 0.4) is 0 Å². The molecule has 5 nitrogen and oxygen atoms in total. The van der Waals surface area contributed by atoms with Gasteiger partial charge in [0.1, 0.15) is 11.4 Å². The van der Waals surface area contributed by atoms with Crippen molar-refractivity contribution in [3.05, 3.63) is 11.6 Å². The molecule has 0 saturated carbocycles. The lowest BCUT2D eigenvalue weighted by Crippen LogP contribution is -2.43. The summed E-state index contributed by atoms with van der Waals surface area (Å²) in [5.74, 6) is -0.756. The molecule has 0 aliphatic carbocycles. The molecule has 0 aromatic carbocycles. The predicted molar refractivity (Wildman–Crippen MR) is 64.8 cm³/mol. The maximum atomic E-state index is 11.9. The third kappa shape index (κ3) is 2.38. The summed E-state index contributed by atoms with van der Waals surface area (Å²) in [5.41, 5.74) is -0.607. The van der Waals surface area contributed by atoms with E-state index in [1.54, 1.807) is 0 Å². The average molecular weight is 238 g/mol. The molecule has 2 N–H and O–H groups in total. The van der Waals surface area contributed by atoms with E-state index >= 15 is 0 Å². The molecule has 1 unspecified atom stereocenters. The average Bonchev–Trinajstić information content (AvgIpc) is 2.55. The number of hydrogen-bond donors (Lipinski definition) is 2. The molecule has 1 aliphatic rings. The zero-order valence-electron chi connectivity index (χ0n) is 10.6. The molecule has 1 amide bonds. The van der Waals surface area contributed by atoms with Crippen LogP contribution in [0.2, 0.25) is 0 Å². The number of nitrogens with one attached hydrogen (secondary N) is 1. The molecule has 1 heterocycles. The van der Waals surface area contributed by atoms with Gasteiger partial charge in [-0.05, 0) is 25.3 Å². The van der Waals surface area contributed by atoms with Crippen LogP contribution >= 0.6 is 0 Å². The van der Waals surface area contributed by atoms with Crippen molar-refractivity contribution in [2.75, 3.05) is 0 Å². The first-order valence-electron chi connectivity index (χ1n) is 5.66. The van der Waals surface area contributed by atoms with E-state index in [1.165, 1.54) is 13.0 Å². The van der Waals surface area contributed by atoms with Gasteiger partial charge < -0.3 is 10.4 Å². The van der Waals surface area contributed by atoms with Crippen LogP contribution in [0.25, 0.3) is 0 Å².